The van der Waals surface area contributed by atoms with E-state index in [1.807, 2.05) is 18.2 Å². The SMILES string of the molecule is N/C=C/c1cc2ccccc2oc1=O. The van der Waals surface area contributed by atoms with Crippen LogP contribution in [0.4, 0.5) is 0 Å². The predicted octanol–water partition coefficient (Wildman–Crippen LogP) is 1.72. The molecule has 1 heterocycles. The molecule has 0 amide bonds. The normalized spacial score (nSPS) is 11.1. The molecule has 3 nitrogen and oxygen atoms in total. The molecule has 0 spiro atoms. The number of benzene rings is 1. The van der Waals surface area contributed by atoms with Gasteiger partial charge in [0.1, 0.15) is 5.58 Å². The Morgan fingerprint density at radius 3 is 2.86 bits per heavy atom. The third-order valence-corrected chi connectivity index (χ3v) is 1.94. The summed E-state index contributed by atoms with van der Waals surface area (Å²) in [6.45, 7) is 0. The molecule has 0 aliphatic carbocycles. The Labute approximate surface area is 80.5 Å². The zero-order chi connectivity index (χ0) is 9.97. The van der Waals surface area contributed by atoms with Crippen LogP contribution >= 0.6 is 0 Å². The molecule has 2 aromatic rings. The van der Waals surface area contributed by atoms with Gasteiger partial charge in [0.2, 0.25) is 0 Å². The first-order valence-electron chi connectivity index (χ1n) is 4.22. The molecular formula is C11H9NO2. The average molecular weight is 187 g/mol. The van der Waals surface area contributed by atoms with Crippen molar-refractivity contribution in [2.24, 2.45) is 5.73 Å². The van der Waals surface area contributed by atoms with Crippen LogP contribution in [0.5, 0.6) is 0 Å². The molecule has 0 fully saturated rings. The molecule has 2 N–H and O–H groups in total. The molecule has 0 saturated heterocycles. The Balaban J connectivity index is 2.77. The summed E-state index contributed by atoms with van der Waals surface area (Å²) in [4.78, 5) is 11.3. The van der Waals surface area contributed by atoms with Gasteiger partial charge >= 0.3 is 5.63 Å². The van der Waals surface area contributed by atoms with Gasteiger partial charge < -0.3 is 10.2 Å². The number of hydrogen-bond donors (Lipinski definition) is 1. The van der Waals surface area contributed by atoms with E-state index in [4.69, 9.17) is 10.2 Å². The molecule has 1 aromatic heterocycles. The van der Waals surface area contributed by atoms with Crippen LogP contribution in [0.1, 0.15) is 5.56 Å². The molecule has 2 rings (SSSR count). The molecule has 0 unspecified atom stereocenters. The fourth-order valence-corrected chi connectivity index (χ4v) is 1.30. The summed E-state index contributed by atoms with van der Waals surface area (Å²) in [5, 5.41) is 0.889. The van der Waals surface area contributed by atoms with Gasteiger partial charge in [-0.2, -0.15) is 0 Å². The van der Waals surface area contributed by atoms with Gasteiger partial charge in [-0.3, -0.25) is 0 Å². The average Bonchev–Trinajstić information content (AvgIpc) is 2.19. The summed E-state index contributed by atoms with van der Waals surface area (Å²) in [5.74, 6) is 0. The highest BCUT2D eigenvalue weighted by Crippen LogP contribution is 2.12. The van der Waals surface area contributed by atoms with Crippen molar-refractivity contribution in [3.8, 4) is 0 Å². The van der Waals surface area contributed by atoms with Crippen LogP contribution < -0.4 is 11.4 Å². The third kappa shape index (κ3) is 1.40. The second kappa shape index (κ2) is 3.38. The minimum absolute atomic E-state index is 0.370. The lowest BCUT2D eigenvalue weighted by Crippen LogP contribution is -2.02. The number of nitrogens with two attached hydrogens (primary N) is 1. The van der Waals surface area contributed by atoms with Crippen LogP contribution in [0, 0.1) is 0 Å². The zero-order valence-electron chi connectivity index (χ0n) is 7.44. The first kappa shape index (κ1) is 8.56. The van der Waals surface area contributed by atoms with E-state index in [1.165, 1.54) is 12.3 Å². The van der Waals surface area contributed by atoms with E-state index in [9.17, 15) is 4.79 Å². The maximum Gasteiger partial charge on any atom is 0.343 e. The van der Waals surface area contributed by atoms with Crippen LogP contribution in [0.2, 0.25) is 0 Å². The second-order valence-electron chi connectivity index (χ2n) is 2.89. The molecule has 14 heavy (non-hydrogen) atoms. The van der Waals surface area contributed by atoms with E-state index in [1.54, 1.807) is 12.1 Å². The van der Waals surface area contributed by atoms with Crippen molar-refractivity contribution in [2.75, 3.05) is 0 Å². The van der Waals surface area contributed by atoms with Crippen molar-refractivity contribution in [3.05, 3.63) is 52.5 Å². The van der Waals surface area contributed by atoms with E-state index in [0.717, 1.165) is 5.39 Å². The van der Waals surface area contributed by atoms with Gasteiger partial charge in [-0.25, -0.2) is 4.79 Å². The van der Waals surface area contributed by atoms with Crippen molar-refractivity contribution in [2.45, 2.75) is 0 Å². The van der Waals surface area contributed by atoms with Gasteiger partial charge in [0.05, 0.1) is 5.56 Å². The van der Waals surface area contributed by atoms with Gasteiger partial charge in [0.25, 0.3) is 0 Å². The Bertz CT molecular complexity index is 540. The van der Waals surface area contributed by atoms with Crippen LogP contribution in [0.25, 0.3) is 17.0 Å². The van der Waals surface area contributed by atoms with Gasteiger partial charge in [-0.1, -0.05) is 18.2 Å². The summed E-state index contributed by atoms with van der Waals surface area (Å²) in [7, 11) is 0. The quantitative estimate of drug-likeness (QED) is 0.691. The summed E-state index contributed by atoms with van der Waals surface area (Å²) >= 11 is 0. The van der Waals surface area contributed by atoms with Crippen LogP contribution in [0.3, 0.4) is 0 Å². The molecule has 0 radical (unpaired) electrons. The van der Waals surface area contributed by atoms with Crippen molar-refractivity contribution >= 4 is 17.0 Å². The Morgan fingerprint density at radius 2 is 2.07 bits per heavy atom. The van der Waals surface area contributed by atoms with Crippen molar-refractivity contribution in [1.82, 2.24) is 0 Å². The Kier molecular flexibility index (Phi) is 2.07. The zero-order valence-corrected chi connectivity index (χ0v) is 7.44. The highest BCUT2D eigenvalue weighted by Gasteiger charge is 2.00. The Hall–Kier alpha value is -2.03. The van der Waals surface area contributed by atoms with Crippen molar-refractivity contribution < 1.29 is 4.42 Å². The number of hydrogen-bond acceptors (Lipinski definition) is 3. The molecule has 1 aromatic carbocycles. The number of para-hydroxylation sites is 1. The van der Waals surface area contributed by atoms with E-state index < -0.39 is 0 Å². The summed E-state index contributed by atoms with van der Waals surface area (Å²) in [6.07, 6.45) is 2.85. The van der Waals surface area contributed by atoms with Gasteiger partial charge in [0.15, 0.2) is 0 Å². The fraction of sp³-hybridized carbons (Fsp3) is 0. The molecule has 0 bridgehead atoms. The summed E-state index contributed by atoms with van der Waals surface area (Å²) in [6, 6.07) is 9.10. The molecule has 0 atom stereocenters. The van der Waals surface area contributed by atoms with Crippen molar-refractivity contribution in [3.63, 3.8) is 0 Å². The fourth-order valence-electron chi connectivity index (χ4n) is 1.30. The van der Waals surface area contributed by atoms with E-state index in [-0.39, 0.29) is 5.63 Å². The van der Waals surface area contributed by atoms with Crippen LogP contribution in [-0.2, 0) is 0 Å². The van der Waals surface area contributed by atoms with Gasteiger partial charge in [0, 0.05) is 5.39 Å². The maximum absolute atomic E-state index is 11.3. The molecule has 0 saturated carbocycles. The lowest BCUT2D eigenvalue weighted by molar-refractivity contribution is 0.559. The first-order chi connectivity index (χ1) is 6.81. The molecule has 0 aliphatic heterocycles. The van der Waals surface area contributed by atoms with E-state index in [2.05, 4.69) is 0 Å². The minimum atomic E-state index is -0.370. The molecule has 3 heteroatoms. The standard InChI is InChI=1S/C11H9NO2/c12-6-5-9-7-8-3-1-2-4-10(8)14-11(9)13/h1-7H,12H2/b6-5+. The number of fused-ring (bicyclic) bond motifs is 1. The highest BCUT2D eigenvalue weighted by molar-refractivity contribution is 5.78. The molecule has 0 aliphatic rings. The third-order valence-electron chi connectivity index (χ3n) is 1.94. The van der Waals surface area contributed by atoms with Gasteiger partial charge in [-0.05, 0) is 24.4 Å². The second-order valence-corrected chi connectivity index (χ2v) is 2.89. The summed E-state index contributed by atoms with van der Waals surface area (Å²) in [5.41, 5.74) is 5.90. The summed E-state index contributed by atoms with van der Waals surface area (Å²) < 4.78 is 5.08. The van der Waals surface area contributed by atoms with E-state index >= 15 is 0 Å². The van der Waals surface area contributed by atoms with Crippen LogP contribution in [0.15, 0.2) is 45.7 Å². The van der Waals surface area contributed by atoms with Gasteiger partial charge in [-0.15, -0.1) is 0 Å². The molecule has 70 valence electrons. The lowest BCUT2D eigenvalue weighted by Gasteiger charge is -1.96. The first-order valence-corrected chi connectivity index (χ1v) is 4.22. The lowest BCUT2D eigenvalue weighted by atomic mass is 10.2. The minimum Gasteiger partial charge on any atom is -0.422 e. The Morgan fingerprint density at radius 1 is 1.29 bits per heavy atom. The topological polar surface area (TPSA) is 56.2 Å². The molecular weight excluding hydrogens is 178 g/mol. The largest absolute Gasteiger partial charge is 0.422 e. The monoisotopic (exact) mass is 187 g/mol. The van der Waals surface area contributed by atoms with E-state index in [0.29, 0.717) is 11.1 Å². The van der Waals surface area contributed by atoms with Crippen molar-refractivity contribution in [1.29, 1.82) is 0 Å². The maximum atomic E-state index is 11.3. The number of rotatable bonds is 1. The highest BCUT2D eigenvalue weighted by atomic mass is 16.4. The van der Waals surface area contributed by atoms with Crippen LogP contribution in [-0.4, -0.2) is 0 Å². The predicted molar refractivity (Wildman–Crippen MR) is 55.7 cm³/mol. The smallest absolute Gasteiger partial charge is 0.343 e.